The Balaban J connectivity index is 2.53. The van der Waals surface area contributed by atoms with Gasteiger partial charge in [0.15, 0.2) is 0 Å². The number of methoxy groups -OCH3 is 1. The number of aryl methyl sites for hydroxylation is 1. The van der Waals surface area contributed by atoms with E-state index in [0.29, 0.717) is 11.6 Å². The van der Waals surface area contributed by atoms with Gasteiger partial charge in [-0.3, -0.25) is 9.67 Å². The largest absolute Gasteiger partial charge is 0.494 e. The smallest absolute Gasteiger partial charge is 0.146 e. The summed E-state index contributed by atoms with van der Waals surface area (Å²) in [6.07, 6.45) is 3.35. The van der Waals surface area contributed by atoms with E-state index in [1.165, 1.54) is 0 Å². The van der Waals surface area contributed by atoms with Crippen molar-refractivity contribution in [3.8, 4) is 17.0 Å². The van der Waals surface area contributed by atoms with Crippen LogP contribution in [0, 0.1) is 0 Å². The van der Waals surface area contributed by atoms with E-state index in [2.05, 4.69) is 10.1 Å². The van der Waals surface area contributed by atoms with Gasteiger partial charge in [0.1, 0.15) is 11.6 Å². The first-order valence-electron chi connectivity index (χ1n) is 4.50. The molecule has 0 aromatic carbocycles. The summed E-state index contributed by atoms with van der Waals surface area (Å²) >= 11 is 0. The van der Waals surface area contributed by atoms with Crippen molar-refractivity contribution >= 4 is 5.82 Å². The predicted octanol–water partition coefficient (Wildman–Crippen LogP) is 1.07. The highest BCUT2D eigenvalue weighted by Crippen LogP contribution is 2.28. The third-order valence-corrected chi connectivity index (χ3v) is 2.20. The van der Waals surface area contributed by atoms with Crippen molar-refractivity contribution in [1.29, 1.82) is 0 Å². The molecule has 0 saturated heterocycles. The number of hydrogen-bond acceptors (Lipinski definition) is 4. The molecule has 0 saturated carbocycles. The minimum absolute atomic E-state index is 0.615. The van der Waals surface area contributed by atoms with Crippen LogP contribution < -0.4 is 10.5 Å². The highest BCUT2D eigenvalue weighted by molar-refractivity contribution is 5.68. The number of nitrogens with zero attached hydrogens (tertiary/aromatic N) is 3. The maximum Gasteiger partial charge on any atom is 0.146 e. The van der Waals surface area contributed by atoms with E-state index >= 15 is 0 Å². The Kier molecular flexibility index (Phi) is 2.29. The Hall–Kier alpha value is -2.04. The van der Waals surface area contributed by atoms with E-state index in [-0.39, 0.29) is 0 Å². The predicted molar refractivity (Wildman–Crippen MR) is 57.4 cm³/mol. The quantitative estimate of drug-likeness (QED) is 0.794. The molecule has 0 aliphatic rings. The number of nitrogen functional groups attached to an aromatic ring is 1. The molecule has 0 fully saturated rings. The molecule has 15 heavy (non-hydrogen) atoms. The summed E-state index contributed by atoms with van der Waals surface area (Å²) < 4.78 is 6.82. The van der Waals surface area contributed by atoms with Crippen LogP contribution in [0.2, 0.25) is 0 Å². The minimum atomic E-state index is 0.615. The molecule has 0 unspecified atom stereocenters. The zero-order chi connectivity index (χ0) is 10.8. The summed E-state index contributed by atoms with van der Waals surface area (Å²) in [6, 6.07) is 3.65. The Morgan fingerprint density at radius 2 is 2.27 bits per heavy atom. The van der Waals surface area contributed by atoms with Gasteiger partial charge in [-0.1, -0.05) is 0 Å². The topological polar surface area (TPSA) is 66.0 Å². The number of rotatable bonds is 2. The van der Waals surface area contributed by atoms with Crippen LogP contribution in [0.4, 0.5) is 5.82 Å². The lowest BCUT2D eigenvalue weighted by atomic mass is 10.2. The van der Waals surface area contributed by atoms with Crippen molar-refractivity contribution in [1.82, 2.24) is 14.8 Å². The molecule has 0 atom stereocenters. The zero-order valence-electron chi connectivity index (χ0n) is 8.64. The zero-order valence-corrected chi connectivity index (χ0v) is 8.64. The van der Waals surface area contributed by atoms with Gasteiger partial charge >= 0.3 is 0 Å². The van der Waals surface area contributed by atoms with Crippen molar-refractivity contribution in [2.45, 2.75) is 0 Å². The van der Waals surface area contributed by atoms with Gasteiger partial charge in [-0.05, 0) is 6.07 Å². The lowest BCUT2D eigenvalue weighted by Gasteiger charge is -2.03. The van der Waals surface area contributed by atoms with Crippen LogP contribution in [0.15, 0.2) is 24.5 Å². The Bertz CT molecular complexity index is 459. The van der Waals surface area contributed by atoms with Gasteiger partial charge in [-0.25, -0.2) is 0 Å². The van der Waals surface area contributed by atoms with Gasteiger partial charge in [-0.15, -0.1) is 0 Å². The molecule has 0 spiro atoms. The van der Waals surface area contributed by atoms with Crippen LogP contribution >= 0.6 is 0 Å². The standard InChI is InChI=1S/C10H12N4O/c1-14-10(11)5-8(13-14)7-3-4-12-6-9(7)15-2/h3-6H,11H2,1-2H3. The molecule has 0 aliphatic heterocycles. The average molecular weight is 204 g/mol. The van der Waals surface area contributed by atoms with Crippen molar-refractivity contribution in [3.05, 3.63) is 24.5 Å². The highest BCUT2D eigenvalue weighted by Gasteiger charge is 2.09. The SMILES string of the molecule is COc1cnccc1-c1cc(N)n(C)n1. The molecule has 0 radical (unpaired) electrons. The first-order chi connectivity index (χ1) is 7.22. The minimum Gasteiger partial charge on any atom is -0.494 e. The molecule has 2 aromatic rings. The summed E-state index contributed by atoms with van der Waals surface area (Å²) in [5.74, 6) is 1.31. The molecule has 0 amide bonds. The third kappa shape index (κ3) is 1.63. The van der Waals surface area contributed by atoms with Crippen molar-refractivity contribution < 1.29 is 4.74 Å². The molecule has 5 nitrogen and oxygen atoms in total. The van der Waals surface area contributed by atoms with Gasteiger partial charge in [-0.2, -0.15) is 5.10 Å². The fourth-order valence-electron chi connectivity index (χ4n) is 1.37. The summed E-state index contributed by atoms with van der Waals surface area (Å²) in [4.78, 5) is 3.98. The fourth-order valence-corrected chi connectivity index (χ4v) is 1.37. The van der Waals surface area contributed by atoms with E-state index in [9.17, 15) is 0 Å². The third-order valence-electron chi connectivity index (χ3n) is 2.20. The second-order valence-corrected chi connectivity index (χ2v) is 3.15. The molecule has 2 aromatic heterocycles. The van der Waals surface area contributed by atoms with Crippen LogP contribution in [0.25, 0.3) is 11.3 Å². The van der Waals surface area contributed by atoms with E-state index < -0.39 is 0 Å². The summed E-state index contributed by atoms with van der Waals surface area (Å²) in [6.45, 7) is 0. The number of pyridine rings is 1. The van der Waals surface area contributed by atoms with E-state index in [0.717, 1.165) is 11.3 Å². The van der Waals surface area contributed by atoms with Crippen LogP contribution in [0.1, 0.15) is 0 Å². The second kappa shape index (κ2) is 3.61. The van der Waals surface area contributed by atoms with Gasteiger partial charge in [0, 0.05) is 24.9 Å². The van der Waals surface area contributed by atoms with Crippen molar-refractivity contribution in [2.24, 2.45) is 7.05 Å². The number of aromatic nitrogens is 3. The van der Waals surface area contributed by atoms with Crippen molar-refractivity contribution in [3.63, 3.8) is 0 Å². The molecule has 2 rings (SSSR count). The molecule has 2 N–H and O–H groups in total. The molecule has 2 heterocycles. The maximum atomic E-state index is 5.71. The molecular formula is C10H12N4O. The van der Waals surface area contributed by atoms with Gasteiger partial charge < -0.3 is 10.5 Å². The monoisotopic (exact) mass is 204 g/mol. The second-order valence-electron chi connectivity index (χ2n) is 3.15. The van der Waals surface area contributed by atoms with Crippen LogP contribution in [0.5, 0.6) is 5.75 Å². The summed E-state index contributed by atoms with van der Waals surface area (Å²) in [5, 5.41) is 4.27. The van der Waals surface area contributed by atoms with Crippen LogP contribution in [0.3, 0.4) is 0 Å². The number of ether oxygens (including phenoxy) is 1. The lowest BCUT2D eigenvalue weighted by molar-refractivity contribution is 0.414. The number of nitrogens with two attached hydrogens (primary N) is 1. The molecule has 0 bridgehead atoms. The first-order valence-corrected chi connectivity index (χ1v) is 4.50. The Morgan fingerprint density at radius 3 is 2.87 bits per heavy atom. The van der Waals surface area contributed by atoms with Gasteiger partial charge in [0.2, 0.25) is 0 Å². The Morgan fingerprint density at radius 1 is 1.47 bits per heavy atom. The molecular weight excluding hydrogens is 192 g/mol. The Labute approximate surface area is 87.5 Å². The molecule has 5 heteroatoms. The molecule has 78 valence electrons. The normalized spacial score (nSPS) is 10.3. The van der Waals surface area contributed by atoms with Crippen LogP contribution in [-0.2, 0) is 7.05 Å². The van der Waals surface area contributed by atoms with Crippen molar-refractivity contribution in [2.75, 3.05) is 12.8 Å². The number of anilines is 1. The van der Waals surface area contributed by atoms with Crippen LogP contribution in [-0.4, -0.2) is 21.9 Å². The summed E-state index contributed by atoms with van der Waals surface area (Å²) in [7, 11) is 3.40. The first kappa shape index (κ1) is 9.51. The van der Waals surface area contributed by atoms with E-state index in [1.807, 2.05) is 6.07 Å². The fraction of sp³-hybridized carbons (Fsp3) is 0.200. The average Bonchev–Trinajstić information content (AvgIpc) is 2.59. The van der Waals surface area contributed by atoms with E-state index in [4.69, 9.17) is 10.5 Å². The van der Waals surface area contributed by atoms with Gasteiger partial charge in [0.05, 0.1) is 19.0 Å². The van der Waals surface area contributed by atoms with E-state index in [1.54, 1.807) is 37.3 Å². The number of hydrogen-bond donors (Lipinski definition) is 1. The summed E-state index contributed by atoms with van der Waals surface area (Å²) in [5.41, 5.74) is 7.39. The molecule has 0 aliphatic carbocycles. The maximum absolute atomic E-state index is 5.71. The van der Waals surface area contributed by atoms with Gasteiger partial charge in [0.25, 0.3) is 0 Å². The lowest BCUT2D eigenvalue weighted by Crippen LogP contribution is -1.96. The highest BCUT2D eigenvalue weighted by atomic mass is 16.5.